The molecule has 4 aromatic carbocycles. The number of fused-ring (bicyclic) bond motifs is 6. The van der Waals surface area contributed by atoms with E-state index in [1.165, 1.54) is 9.13 Å². The highest BCUT2D eigenvalue weighted by atomic mass is 16.3. The molecule has 52 heavy (non-hydrogen) atoms. The van der Waals surface area contributed by atoms with Crippen LogP contribution in [0.3, 0.4) is 0 Å². The second-order valence-corrected chi connectivity index (χ2v) is 15.4. The van der Waals surface area contributed by atoms with Gasteiger partial charge in [0.05, 0.1) is 68.1 Å². The number of nitrogens with one attached hydrogen (secondary N) is 2. The molecular formula is C42H46N6O4. The van der Waals surface area contributed by atoms with Crippen LogP contribution in [0.2, 0.25) is 0 Å². The lowest BCUT2D eigenvalue weighted by atomic mass is 9.89. The number of benzene rings is 4. The molecule has 0 amide bonds. The largest absolute Gasteiger partial charge is 0.494 e. The number of anilines is 2. The van der Waals surface area contributed by atoms with Crippen LogP contribution in [-0.2, 0) is 0 Å². The minimum absolute atomic E-state index is 0.0312. The molecule has 10 nitrogen and oxygen atoms in total. The second-order valence-electron chi connectivity index (χ2n) is 15.4. The maximum Gasteiger partial charge on any atom is 0.268 e. The fraction of sp³-hybridized carbons (Fsp3) is 0.381. The average molecular weight is 699 g/mol. The van der Waals surface area contributed by atoms with Gasteiger partial charge in [-0.25, -0.2) is 9.13 Å². The van der Waals surface area contributed by atoms with Crippen LogP contribution in [0.5, 0.6) is 11.8 Å². The molecule has 0 aliphatic carbocycles. The van der Waals surface area contributed by atoms with Crippen LogP contribution in [0.15, 0.2) is 56.0 Å². The van der Waals surface area contributed by atoms with E-state index < -0.39 is 11.1 Å². The summed E-state index contributed by atoms with van der Waals surface area (Å²) in [6.45, 7) is 18.4. The van der Waals surface area contributed by atoms with E-state index in [2.05, 4.69) is 66.0 Å². The van der Waals surface area contributed by atoms with E-state index >= 15 is 9.59 Å². The second kappa shape index (κ2) is 12.1. The van der Waals surface area contributed by atoms with Gasteiger partial charge in [-0.15, -0.1) is 0 Å². The summed E-state index contributed by atoms with van der Waals surface area (Å²) in [6, 6.07) is 12.0. The molecule has 2 aliphatic heterocycles. The number of aromatic hydroxyl groups is 2. The molecule has 8 rings (SSSR count). The molecule has 0 bridgehead atoms. The number of pyridine rings is 2. The summed E-state index contributed by atoms with van der Waals surface area (Å²) in [7, 11) is 0. The zero-order valence-corrected chi connectivity index (χ0v) is 31.1. The number of hydrogen-bond donors (Lipinski definition) is 4. The Hall–Kier alpha value is -5.38. The quantitative estimate of drug-likeness (QED) is 0.140. The summed E-state index contributed by atoms with van der Waals surface area (Å²) in [5.41, 5.74) is 5.02. The normalized spacial score (nSPS) is 14.3. The summed E-state index contributed by atoms with van der Waals surface area (Å²) in [5.74, 6) is -0.221. The Labute approximate surface area is 301 Å². The van der Waals surface area contributed by atoms with Gasteiger partial charge < -0.3 is 20.8 Å². The summed E-state index contributed by atoms with van der Waals surface area (Å²) >= 11 is 0. The van der Waals surface area contributed by atoms with Crippen LogP contribution in [0.4, 0.5) is 11.4 Å². The van der Waals surface area contributed by atoms with Gasteiger partial charge in [-0.1, -0.05) is 91.8 Å². The highest BCUT2D eigenvalue weighted by Gasteiger charge is 2.34. The minimum atomic E-state index is -0.466. The Morgan fingerprint density at radius 2 is 0.885 bits per heavy atom. The summed E-state index contributed by atoms with van der Waals surface area (Å²) in [5, 5.41) is 35.1. The van der Waals surface area contributed by atoms with Crippen molar-refractivity contribution in [3.8, 4) is 23.1 Å². The maximum absolute atomic E-state index is 15.3. The lowest BCUT2D eigenvalue weighted by molar-refractivity contribution is 0.397. The lowest BCUT2D eigenvalue weighted by Gasteiger charge is -2.28. The van der Waals surface area contributed by atoms with Gasteiger partial charge in [0.15, 0.2) is 0 Å². The first-order valence-corrected chi connectivity index (χ1v) is 18.5. The first-order valence-electron chi connectivity index (χ1n) is 18.5. The van der Waals surface area contributed by atoms with E-state index in [1.54, 1.807) is 0 Å². The standard InChI is InChI=1S/C42H46N6O4/c1-19(2)23-11-9-12-24(20(3)4)37(23)47-39(49)29-27-28-31(35-33(29)43-15-17-45-35)41(51)48(38-25(21(5)6)13-10-14-26(38)22(7)8)42(52)32(28)36-34(30(27)40(47)50)44-16-18-46-36/h9-14,19-22,43-44,51-52H,15-18H2,1-8H3. The SMILES string of the molecule is CC(C)c1cccc(C(C)C)c1-n1c(O)c2c3c(c4c(=O)n(-c5c(C(C)C)cccc5C(C)C)c(=O)c5c6c(c(c1O)c2c45)=NCCN6)NCCN=3. The number of hydrogen-bond acceptors (Lipinski definition) is 8. The molecule has 0 fully saturated rings. The fourth-order valence-electron chi connectivity index (χ4n) is 8.54. The number of nitrogens with zero attached hydrogens (tertiary/aromatic N) is 4. The summed E-state index contributed by atoms with van der Waals surface area (Å²) < 4.78 is 2.89. The topological polar surface area (TPSA) is 133 Å². The van der Waals surface area contributed by atoms with E-state index in [4.69, 9.17) is 9.98 Å². The minimum Gasteiger partial charge on any atom is -0.494 e. The molecule has 0 radical (unpaired) electrons. The Bertz CT molecular complexity index is 2550. The molecule has 268 valence electrons. The Balaban J connectivity index is 1.70. The van der Waals surface area contributed by atoms with Gasteiger partial charge in [-0.2, -0.15) is 0 Å². The van der Waals surface area contributed by atoms with Crippen molar-refractivity contribution in [2.45, 2.75) is 79.1 Å². The third-order valence-corrected chi connectivity index (χ3v) is 10.9. The number of para-hydroxylation sites is 2. The van der Waals surface area contributed by atoms with Gasteiger partial charge in [-0.3, -0.25) is 19.6 Å². The number of rotatable bonds is 6. The zero-order chi connectivity index (χ0) is 36.9. The first kappa shape index (κ1) is 33.7. The Morgan fingerprint density at radius 3 is 1.25 bits per heavy atom. The van der Waals surface area contributed by atoms with Crippen molar-refractivity contribution in [3.63, 3.8) is 0 Å². The first-order chi connectivity index (χ1) is 24.9. The third-order valence-electron chi connectivity index (χ3n) is 10.9. The van der Waals surface area contributed by atoms with Gasteiger partial charge in [0.1, 0.15) is 0 Å². The number of aromatic nitrogens is 2. The van der Waals surface area contributed by atoms with Gasteiger partial charge >= 0.3 is 0 Å². The van der Waals surface area contributed by atoms with Crippen LogP contribution in [-0.4, -0.2) is 45.5 Å². The molecule has 6 aromatic rings. The smallest absolute Gasteiger partial charge is 0.268 e. The molecule has 4 N–H and O–H groups in total. The van der Waals surface area contributed by atoms with Gasteiger partial charge in [0, 0.05) is 23.9 Å². The van der Waals surface area contributed by atoms with Crippen LogP contribution in [0, 0.1) is 0 Å². The molecule has 2 aliphatic rings. The van der Waals surface area contributed by atoms with Gasteiger partial charge in [-0.05, 0) is 45.9 Å². The van der Waals surface area contributed by atoms with E-state index in [9.17, 15) is 10.2 Å². The predicted molar refractivity (Wildman–Crippen MR) is 210 cm³/mol. The van der Waals surface area contributed by atoms with Crippen molar-refractivity contribution >= 4 is 43.7 Å². The zero-order valence-electron chi connectivity index (χ0n) is 31.1. The third kappa shape index (κ3) is 4.55. The lowest BCUT2D eigenvalue weighted by Crippen LogP contribution is -2.38. The van der Waals surface area contributed by atoms with E-state index in [0.29, 0.717) is 92.0 Å². The van der Waals surface area contributed by atoms with E-state index in [-0.39, 0.29) is 35.4 Å². The average Bonchev–Trinajstić information content (AvgIpc) is 3.11. The van der Waals surface area contributed by atoms with Crippen molar-refractivity contribution in [2.75, 3.05) is 36.8 Å². The van der Waals surface area contributed by atoms with Crippen LogP contribution in [0.1, 0.15) is 101 Å². The van der Waals surface area contributed by atoms with Crippen molar-refractivity contribution in [1.29, 1.82) is 0 Å². The van der Waals surface area contributed by atoms with E-state index in [1.807, 2.05) is 36.4 Å². The van der Waals surface area contributed by atoms with Crippen molar-refractivity contribution in [1.82, 2.24) is 9.13 Å². The summed E-state index contributed by atoms with van der Waals surface area (Å²) in [4.78, 5) is 40.4. The van der Waals surface area contributed by atoms with Crippen molar-refractivity contribution in [2.24, 2.45) is 9.98 Å². The van der Waals surface area contributed by atoms with Gasteiger partial charge in [0.25, 0.3) is 11.1 Å². The predicted octanol–water partition coefficient (Wildman–Crippen LogP) is 6.88. The van der Waals surface area contributed by atoms with Crippen LogP contribution < -0.4 is 32.5 Å². The molecule has 0 spiro atoms. The Morgan fingerprint density at radius 1 is 0.538 bits per heavy atom. The Kier molecular flexibility index (Phi) is 7.86. The highest BCUT2D eigenvalue weighted by molar-refractivity contribution is 6.29. The van der Waals surface area contributed by atoms with E-state index in [0.717, 1.165) is 22.3 Å². The van der Waals surface area contributed by atoms with Crippen LogP contribution >= 0.6 is 0 Å². The molecule has 0 atom stereocenters. The molecule has 0 saturated heterocycles. The monoisotopic (exact) mass is 698 g/mol. The summed E-state index contributed by atoms with van der Waals surface area (Å²) in [6.07, 6.45) is 0. The fourth-order valence-corrected chi connectivity index (χ4v) is 8.54. The molecule has 0 saturated carbocycles. The van der Waals surface area contributed by atoms with Crippen molar-refractivity contribution < 1.29 is 10.2 Å². The molecule has 2 aromatic heterocycles. The van der Waals surface area contributed by atoms with Crippen LogP contribution in [0.25, 0.3) is 43.7 Å². The van der Waals surface area contributed by atoms with Gasteiger partial charge in [0.2, 0.25) is 11.8 Å². The molecule has 4 heterocycles. The molecular weight excluding hydrogens is 652 g/mol. The highest BCUT2D eigenvalue weighted by Crippen LogP contribution is 2.46. The molecule has 10 heteroatoms. The van der Waals surface area contributed by atoms with Crippen molar-refractivity contribution in [3.05, 3.63) is 90.1 Å². The molecule has 0 unspecified atom stereocenters. The maximum atomic E-state index is 15.3.